The Bertz CT molecular complexity index is 532. The fourth-order valence-corrected chi connectivity index (χ4v) is 3.23. The summed E-state index contributed by atoms with van der Waals surface area (Å²) in [5.74, 6) is -1.53. The predicted molar refractivity (Wildman–Crippen MR) is 75.7 cm³/mol. The normalized spacial score (nSPS) is 13.6. The van der Waals surface area contributed by atoms with Crippen LogP contribution < -0.4 is 5.32 Å². The van der Waals surface area contributed by atoms with Crippen molar-refractivity contribution in [2.24, 2.45) is 0 Å². The zero-order chi connectivity index (χ0) is 14.6. The van der Waals surface area contributed by atoms with Gasteiger partial charge in [-0.1, -0.05) is 15.9 Å². The molecule has 2 unspecified atom stereocenters. The van der Waals surface area contributed by atoms with Crippen LogP contribution in [0.25, 0.3) is 0 Å². The number of carboxylic acid groups (broad SMARTS) is 1. The molecule has 0 aliphatic carbocycles. The number of rotatable bonds is 5. The number of carbonyl (C=O) groups excluding carboxylic acids is 1. The van der Waals surface area contributed by atoms with Crippen LogP contribution in [0.2, 0.25) is 0 Å². The number of benzene rings is 1. The molecule has 2 N–H and O–H groups in total. The van der Waals surface area contributed by atoms with Gasteiger partial charge in [0.25, 0.3) is 0 Å². The summed E-state index contributed by atoms with van der Waals surface area (Å²) in [5.41, 5.74) is -0.0577. The van der Waals surface area contributed by atoms with Crippen molar-refractivity contribution in [3.8, 4) is 0 Å². The number of aromatic carboxylic acids is 1. The van der Waals surface area contributed by atoms with Crippen molar-refractivity contribution in [1.82, 2.24) is 5.32 Å². The zero-order valence-corrected chi connectivity index (χ0v) is 12.9. The molecule has 0 bridgehead atoms. The molecule has 0 fully saturated rings. The summed E-state index contributed by atoms with van der Waals surface area (Å²) < 4.78 is 12.9. The Kier molecular flexibility index (Phi) is 5.68. The maximum absolute atomic E-state index is 12.3. The topological polar surface area (TPSA) is 83.5 Å². The smallest absolute Gasteiger partial charge is 0.336 e. The average Bonchev–Trinajstić information content (AvgIpc) is 2.36. The summed E-state index contributed by atoms with van der Waals surface area (Å²) in [6, 6.07) is 4.39. The highest BCUT2D eigenvalue weighted by molar-refractivity contribution is 9.10. The molecule has 0 saturated carbocycles. The Labute approximate surface area is 122 Å². The van der Waals surface area contributed by atoms with Crippen LogP contribution in [0.3, 0.4) is 0 Å². The molecule has 19 heavy (non-hydrogen) atoms. The molecule has 0 aliphatic rings. The lowest BCUT2D eigenvalue weighted by Crippen LogP contribution is -2.35. The van der Waals surface area contributed by atoms with Gasteiger partial charge in [-0.3, -0.25) is 9.00 Å². The van der Waals surface area contributed by atoms with Gasteiger partial charge < -0.3 is 10.4 Å². The lowest BCUT2D eigenvalue weighted by Gasteiger charge is -2.13. The summed E-state index contributed by atoms with van der Waals surface area (Å²) >= 11 is 3.20. The van der Waals surface area contributed by atoms with E-state index in [1.165, 1.54) is 19.1 Å². The van der Waals surface area contributed by atoms with Crippen LogP contribution in [0.1, 0.15) is 24.2 Å². The first-order chi connectivity index (χ1) is 8.88. The molecule has 0 aromatic heterocycles. The van der Waals surface area contributed by atoms with E-state index in [1.54, 1.807) is 13.0 Å². The molecular weight excluding hydrogens is 334 g/mol. The largest absolute Gasteiger partial charge is 0.478 e. The number of halogens is 1. The Morgan fingerprint density at radius 3 is 2.63 bits per heavy atom. The van der Waals surface area contributed by atoms with Crippen LogP contribution in [-0.2, 0) is 15.6 Å². The van der Waals surface area contributed by atoms with E-state index in [0.29, 0.717) is 11.0 Å². The quantitative estimate of drug-likeness (QED) is 0.850. The van der Waals surface area contributed by atoms with Crippen molar-refractivity contribution in [3.63, 3.8) is 0 Å². The lowest BCUT2D eigenvalue weighted by molar-refractivity contribution is -0.120. The van der Waals surface area contributed by atoms with E-state index < -0.39 is 22.0 Å². The fraction of sp³-hybridized carbons (Fsp3) is 0.333. The van der Waals surface area contributed by atoms with Crippen LogP contribution in [0.15, 0.2) is 27.6 Å². The van der Waals surface area contributed by atoms with E-state index in [0.717, 1.165) is 0 Å². The van der Waals surface area contributed by atoms with E-state index in [9.17, 15) is 13.8 Å². The highest BCUT2D eigenvalue weighted by atomic mass is 79.9. The van der Waals surface area contributed by atoms with E-state index in [4.69, 9.17) is 5.11 Å². The highest BCUT2D eigenvalue weighted by Gasteiger charge is 2.25. The minimum atomic E-state index is -1.73. The molecule has 0 heterocycles. The second kappa shape index (κ2) is 6.81. The molecule has 1 rings (SSSR count). The summed E-state index contributed by atoms with van der Waals surface area (Å²) in [6.07, 6.45) is 0. The summed E-state index contributed by atoms with van der Waals surface area (Å²) in [4.78, 5) is 22.9. The molecule has 104 valence electrons. The summed E-state index contributed by atoms with van der Waals surface area (Å²) in [6.45, 7) is 3.70. The maximum atomic E-state index is 12.3. The molecule has 7 heteroatoms. The lowest BCUT2D eigenvalue weighted by atomic mass is 10.2. The van der Waals surface area contributed by atoms with Crippen molar-refractivity contribution >= 4 is 38.6 Å². The molecule has 1 aromatic carbocycles. The molecule has 1 amide bonds. The van der Waals surface area contributed by atoms with Crippen molar-refractivity contribution in [1.29, 1.82) is 0 Å². The Morgan fingerprint density at radius 2 is 2.11 bits per heavy atom. The van der Waals surface area contributed by atoms with Crippen molar-refractivity contribution < 1.29 is 18.9 Å². The molecular formula is C12H14BrNO4S. The molecule has 0 saturated heterocycles. The van der Waals surface area contributed by atoms with Crippen molar-refractivity contribution in [2.75, 3.05) is 6.54 Å². The van der Waals surface area contributed by atoms with E-state index in [2.05, 4.69) is 21.2 Å². The van der Waals surface area contributed by atoms with Gasteiger partial charge in [-0.2, -0.15) is 0 Å². The van der Waals surface area contributed by atoms with Gasteiger partial charge in [-0.25, -0.2) is 4.79 Å². The zero-order valence-electron chi connectivity index (χ0n) is 10.5. The van der Waals surface area contributed by atoms with Crippen LogP contribution in [-0.4, -0.2) is 33.0 Å². The van der Waals surface area contributed by atoms with E-state index in [1.807, 2.05) is 0 Å². The number of amides is 1. The Hall–Kier alpha value is -1.21. The number of hydrogen-bond donors (Lipinski definition) is 2. The number of carboxylic acids is 1. The minimum Gasteiger partial charge on any atom is -0.478 e. The standard InChI is InChI=1S/C12H14BrNO4S/c1-3-14-11(15)7(2)19(18)10-6-8(13)4-5-9(10)12(16)17/h4-7H,3H2,1-2H3,(H,14,15)(H,16,17). The SMILES string of the molecule is CCNC(=O)C(C)S(=O)c1cc(Br)ccc1C(=O)O. The summed E-state index contributed by atoms with van der Waals surface area (Å²) in [7, 11) is -1.73. The number of nitrogens with one attached hydrogen (secondary N) is 1. The van der Waals surface area contributed by atoms with Gasteiger partial charge in [0.15, 0.2) is 0 Å². The third kappa shape index (κ3) is 3.87. The third-order valence-corrected chi connectivity index (χ3v) is 4.55. The first-order valence-electron chi connectivity index (χ1n) is 5.59. The van der Waals surface area contributed by atoms with Crippen LogP contribution in [0.5, 0.6) is 0 Å². The van der Waals surface area contributed by atoms with Gasteiger partial charge in [0.2, 0.25) is 5.91 Å². The van der Waals surface area contributed by atoms with Gasteiger partial charge in [0, 0.05) is 11.0 Å². The number of hydrogen-bond acceptors (Lipinski definition) is 3. The third-order valence-electron chi connectivity index (χ3n) is 2.43. The van der Waals surface area contributed by atoms with Crippen molar-refractivity contribution in [2.45, 2.75) is 24.0 Å². The van der Waals surface area contributed by atoms with Gasteiger partial charge in [0.1, 0.15) is 5.25 Å². The monoisotopic (exact) mass is 347 g/mol. The van der Waals surface area contributed by atoms with E-state index in [-0.39, 0.29) is 16.4 Å². The fourth-order valence-electron chi connectivity index (χ4n) is 1.44. The second-order valence-corrected chi connectivity index (χ2v) is 6.44. The maximum Gasteiger partial charge on any atom is 0.336 e. The Balaban J connectivity index is 3.14. The predicted octanol–water partition coefficient (Wildman–Crippen LogP) is 1.78. The van der Waals surface area contributed by atoms with Gasteiger partial charge in [-0.15, -0.1) is 0 Å². The first kappa shape index (κ1) is 15.8. The first-order valence-corrected chi connectivity index (χ1v) is 7.60. The van der Waals surface area contributed by atoms with Gasteiger partial charge in [-0.05, 0) is 32.0 Å². The number of carbonyl (C=O) groups is 2. The Morgan fingerprint density at radius 1 is 1.47 bits per heavy atom. The molecule has 1 aromatic rings. The molecule has 0 spiro atoms. The molecule has 0 radical (unpaired) electrons. The molecule has 2 atom stereocenters. The van der Waals surface area contributed by atoms with Crippen LogP contribution in [0.4, 0.5) is 0 Å². The van der Waals surface area contributed by atoms with Crippen LogP contribution >= 0.6 is 15.9 Å². The summed E-state index contributed by atoms with van der Waals surface area (Å²) in [5, 5.41) is 10.8. The second-order valence-electron chi connectivity index (χ2n) is 3.78. The van der Waals surface area contributed by atoms with E-state index >= 15 is 0 Å². The average molecular weight is 348 g/mol. The molecule has 5 nitrogen and oxygen atoms in total. The molecule has 0 aliphatic heterocycles. The van der Waals surface area contributed by atoms with Gasteiger partial charge >= 0.3 is 5.97 Å². The minimum absolute atomic E-state index is 0.0577. The highest BCUT2D eigenvalue weighted by Crippen LogP contribution is 2.22. The van der Waals surface area contributed by atoms with Gasteiger partial charge in [0.05, 0.1) is 21.3 Å². The van der Waals surface area contributed by atoms with Crippen molar-refractivity contribution in [3.05, 3.63) is 28.2 Å². The van der Waals surface area contributed by atoms with Crippen LogP contribution in [0, 0.1) is 0 Å².